The highest BCUT2D eigenvalue weighted by atomic mass is 16.6. The summed E-state index contributed by atoms with van der Waals surface area (Å²) in [6.07, 6.45) is 3.55. The van der Waals surface area contributed by atoms with Gasteiger partial charge in [-0.05, 0) is 42.0 Å². The van der Waals surface area contributed by atoms with Crippen LogP contribution in [-0.4, -0.2) is 32.1 Å². The van der Waals surface area contributed by atoms with Crippen molar-refractivity contribution in [2.24, 2.45) is 0 Å². The van der Waals surface area contributed by atoms with Crippen LogP contribution in [0.5, 0.6) is 0 Å². The van der Waals surface area contributed by atoms with E-state index in [0.29, 0.717) is 35.5 Å². The van der Waals surface area contributed by atoms with Crippen molar-refractivity contribution in [3.8, 4) is 23.0 Å². The minimum absolute atomic E-state index is 0.0179. The summed E-state index contributed by atoms with van der Waals surface area (Å²) in [6, 6.07) is 24.9. The highest BCUT2D eigenvalue weighted by molar-refractivity contribution is 5.81. The topological polar surface area (TPSA) is 105 Å². The number of nitriles is 1. The van der Waals surface area contributed by atoms with Gasteiger partial charge in [-0.2, -0.15) is 10.4 Å². The molecule has 1 heterocycles. The summed E-state index contributed by atoms with van der Waals surface area (Å²) >= 11 is 0. The molecule has 8 heteroatoms. The number of para-hydroxylation sites is 1. The number of rotatable bonds is 9. The van der Waals surface area contributed by atoms with E-state index < -0.39 is 4.92 Å². The molecule has 0 aliphatic rings. The Morgan fingerprint density at radius 3 is 2.53 bits per heavy atom. The molecule has 178 valence electrons. The molecular formula is C28H23N5O3. The molecule has 0 aliphatic heterocycles. The number of benzene rings is 3. The van der Waals surface area contributed by atoms with E-state index in [1.54, 1.807) is 46.0 Å². The Balaban J connectivity index is 1.67. The molecule has 4 aromatic rings. The maximum absolute atomic E-state index is 13.4. The van der Waals surface area contributed by atoms with Gasteiger partial charge < -0.3 is 4.90 Å². The van der Waals surface area contributed by atoms with Crippen molar-refractivity contribution in [2.75, 3.05) is 6.54 Å². The van der Waals surface area contributed by atoms with E-state index in [9.17, 15) is 20.2 Å². The number of carbonyl (C=O) groups excluding carboxylic acids is 1. The molecule has 0 spiro atoms. The molecule has 3 aromatic carbocycles. The number of aromatic nitrogens is 2. The third kappa shape index (κ3) is 5.54. The van der Waals surface area contributed by atoms with Crippen LogP contribution in [0.15, 0.2) is 97.7 Å². The van der Waals surface area contributed by atoms with E-state index >= 15 is 0 Å². The second-order valence-electron chi connectivity index (χ2n) is 8.14. The summed E-state index contributed by atoms with van der Waals surface area (Å²) in [5.41, 5.74) is 4.13. The molecule has 0 saturated heterocycles. The molecule has 36 heavy (non-hydrogen) atoms. The lowest BCUT2D eigenvalue weighted by Crippen LogP contribution is -2.32. The molecule has 0 N–H and O–H groups in total. The number of amides is 1. The standard InChI is InChI=1S/C28H23N5O3/c1-2-15-31(19-22-8-6-7-21(16-22)18-29)27(34)17-24-20-32(25-9-4-3-5-10-25)30-28(24)23-11-13-26(14-12-23)33(35)36/h2-14,16,20H,1,15,17,19H2. The third-order valence-corrected chi connectivity index (χ3v) is 5.64. The lowest BCUT2D eigenvalue weighted by Gasteiger charge is -2.21. The number of carbonyl (C=O) groups is 1. The van der Waals surface area contributed by atoms with Crippen molar-refractivity contribution in [1.29, 1.82) is 5.26 Å². The first-order valence-electron chi connectivity index (χ1n) is 11.2. The predicted molar refractivity (Wildman–Crippen MR) is 136 cm³/mol. The van der Waals surface area contributed by atoms with Gasteiger partial charge in [0.2, 0.25) is 5.91 Å². The SMILES string of the molecule is C=CCN(Cc1cccc(C#N)c1)C(=O)Cc1cn(-c2ccccc2)nc1-c1ccc([N+](=O)[O-])cc1. The highest BCUT2D eigenvalue weighted by Gasteiger charge is 2.20. The molecule has 4 rings (SSSR count). The fourth-order valence-electron chi connectivity index (χ4n) is 3.88. The molecule has 1 amide bonds. The van der Waals surface area contributed by atoms with Crippen LogP contribution in [0.3, 0.4) is 0 Å². The van der Waals surface area contributed by atoms with Crippen LogP contribution in [0, 0.1) is 21.4 Å². The summed E-state index contributed by atoms with van der Waals surface area (Å²) in [4.78, 5) is 25.7. The number of nitro benzene ring substituents is 1. The van der Waals surface area contributed by atoms with Crippen molar-refractivity contribution in [2.45, 2.75) is 13.0 Å². The van der Waals surface area contributed by atoms with Crippen molar-refractivity contribution in [3.05, 3.63) is 125 Å². The van der Waals surface area contributed by atoms with Crippen LogP contribution in [-0.2, 0) is 17.8 Å². The zero-order valence-corrected chi connectivity index (χ0v) is 19.4. The number of nitrogens with zero attached hydrogens (tertiary/aromatic N) is 5. The fraction of sp³-hybridized carbons (Fsp3) is 0.107. The van der Waals surface area contributed by atoms with E-state index in [1.807, 2.05) is 42.6 Å². The average molecular weight is 478 g/mol. The summed E-state index contributed by atoms with van der Waals surface area (Å²) in [5.74, 6) is -0.131. The van der Waals surface area contributed by atoms with Gasteiger partial charge in [0.05, 0.1) is 34.4 Å². The van der Waals surface area contributed by atoms with Crippen molar-refractivity contribution < 1.29 is 9.72 Å². The summed E-state index contributed by atoms with van der Waals surface area (Å²) in [5, 5.41) is 25.0. The monoisotopic (exact) mass is 477 g/mol. The Morgan fingerprint density at radius 2 is 1.86 bits per heavy atom. The van der Waals surface area contributed by atoms with Gasteiger partial charge in [0.25, 0.3) is 5.69 Å². The minimum atomic E-state index is -0.453. The second kappa shape index (κ2) is 10.9. The van der Waals surface area contributed by atoms with Gasteiger partial charge in [0, 0.05) is 42.5 Å². The summed E-state index contributed by atoms with van der Waals surface area (Å²) < 4.78 is 1.70. The average Bonchev–Trinajstić information content (AvgIpc) is 3.32. The fourth-order valence-corrected chi connectivity index (χ4v) is 3.88. The van der Waals surface area contributed by atoms with Crippen molar-refractivity contribution in [3.63, 3.8) is 0 Å². The van der Waals surface area contributed by atoms with E-state index in [-0.39, 0.29) is 18.0 Å². The Bertz CT molecular complexity index is 1440. The lowest BCUT2D eigenvalue weighted by molar-refractivity contribution is -0.384. The lowest BCUT2D eigenvalue weighted by atomic mass is 10.0. The van der Waals surface area contributed by atoms with Crippen LogP contribution in [0.25, 0.3) is 16.9 Å². The molecule has 0 radical (unpaired) electrons. The van der Waals surface area contributed by atoms with Crippen LogP contribution < -0.4 is 0 Å². The Morgan fingerprint density at radius 1 is 1.11 bits per heavy atom. The molecule has 8 nitrogen and oxygen atoms in total. The maximum atomic E-state index is 13.4. The van der Waals surface area contributed by atoms with Gasteiger partial charge in [-0.15, -0.1) is 6.58 Å². The Labute approximate surface area is 208 Å². The van der Waals surface area contributed by atoms with E-state index in [0.717, 1.165) is 11.3 Å². The molecule has 0 fully saturated rings. The van der Waals surface area contributed by atoms with Crippen LogP contribution in [0.1, 0.15) is 16.7 Å². The van der Waals surface area contributed by atoms with E-state index in [4.69, 9.17) is 5.10 Å². The molecule has 0 saturated carbocycles. The number of hydrogen-bond acceptors (Lipinski definition) is 5. The van der Waals surface area contributed by atoms with Crippen LogP contribution in [0.4, 0.5) is 5.69 Å². The quantitative estimate of drug-likeness (QED) is 0.190. The Kier molecular flexibility index (Phi) is 7.32. The van der Waals surface area contributed by atoms with Crippen LogP contribution in [0.2, 0.25) is 0 Å². The smallest absolute Gasteiger partial charge is 0.269 e. The number of nitro groups is 1. The molecular weight excluding hydrogens is 454 g/mol. The third-order valence-electron chi connectivity index (χ3n) is 5.64. The molecule has 0 bridgehead atoms. The largest absolute Gasteiger partial charge is 0.334 e. The zero-order chi connectivity index (χ0) is 25.5. The van der Waals surface area contributed by atoms with Crippen LogP contribution >= 0.6 is 0 Å². The molecule has 0 aliphatic carbocycles. The number of non-ortho nitro benzene ring substituents is 1. The van der Waals surface area contributed by atoms with Gasteiger partial charge >= 0.3 is 0 Å². The van der Waals surface area contributed by atoms with Gasteiger partial charge in [0.15, 0.2) is 0 Å². The molecule has 1 aromatic heterocycles. The normalized spacial score (nSPS) is 10.4. The zero-order valence-electron chi connectivity index (χ0n) is 19.4. The first-order valence-corrected chi connectivity index (χ1v) is 11.2. The van der Waals surface area contributed by atoms with Gasteiger partial charge in [-0.3, -0.25) is 14.9 Å². The van der Waals surface area contributed by atoms with E-state index in [1.165, 1.54) is 12.1 Å². The van der Waals surface area contributed by atoms with Gasteiger partial charge in [-0.25, -0.2) is 4.68 Å². The summed E-state index contributed by atoms with van der Waals surface area (Å²) in [7, 11) is 0. The number of hydrogen-bond donors (Lipinski definition) is 0. The molecule has 0 atom stereocenters. The predicted octanol–water partition coefficient (Wildman–Crippen LogP) is 5.08. The first kappa shape index (κ1) is 24.1. The van der Waals surface area contributed by atoms with Gasteiger partial charge in [0.1, 0.15) is 0 Å². The molecule has 0 unspecified atom stereocenters. The highest BCUT2D eigenvalue weighted by Crippen LogP contribution is 2.27. The first-order chi connectivity index (χ1) is 17.5. The van der Waals surface area contributed by atoms with E-state index in [2.05, 4.69) is 12.6 Å². The Hall–Kier alpha value is -5.03. The van der Waals surface area contributed by atoms with Crippen molar-refractivity contribution in [1.82, 2.24) is 14.7 Å². The maximum Gasteiger partial charge on any atom is 0.269 e. The minimum Gasteiger partial charge on any atom is -0.334 e. The second-order valence-corrected chi connectivity index (χ2v) is 8.14. The van der Waals surface area contributed by atoms with Gasteiger partial charge in [-0.1, -0.05) is 36.4 Å². The summed E-state index contributed by atoms with van der Waals surface area (Å²) in [6.45, 7) is 4.45. The van der Waals surface area contributed by atoms with Crippen molar-refractivity contribution >= 4 is 11.6 Å².